The lowest BCUT2D eigenvalue weighted by Crippen LogP contribution is -2.46. The number of fused-ring (bicyclic) bond motifs is 2. The number of amides is 2. The lowest BCUT2D eigenvalue weighted by atomic mass is 10.00. The second kappa shape index (κ2) is 10.0. The quantitative estimate of drug-likeness (QED) is 0.442. The zero-order valence-corrected chi connectivity index (χ0v) is 19.9. The zero-order valence-electron chi connectivity index (χ0n) is 19.9. The maximum absolute atomic E-state index is 13.9. The Bertz CT molecular complexity index is 1330. The van der Waals surface area contributed by atoms with Crippen LogP contribution in [0.25, 0.3) is 0 Å². The Balaban J connectivity index is 1.50. The Morgan fingerprint density at radius 2 is 1.63 bits per heavy atom. The summed E-state index contributed by atoms with van der Waals surface area (Å²) in [4.78, 5) is 29.4. The Hall–Kier alpha value is -4.12. The van der Waals surface area contributed by atoms with Crippen LogP contribution < -0.4 is 5.32 Å². The molecule has 176 valence electrons. The standard InChI is InChI=1S/C30H29N3O2/c1-22-13-15-24(16-14-22)20-31-29(34)28-27-12-7-18-32(27)21-25-10-5-6-11-26(25)30(35)33(28)19-17-23-8-3-2-4-9-23/h2-16,18,28H,17,19-21H2,1H3,(H,31,34). The van der Waals surface area contributed by atoms with E-state index in [1.165, 1.54) is 5.56 Å². The molecule has 1 aliphatic heterocycles. The molecule has 1 atom stereocenters. The Morgan fingerprint density at radius 3 is 2.43 bits per heavy atom. The molecule has 5 nitrogen and oxygen atoms in total. The summed E-state index contributed by atoms with van der Waals surface area (Å²) in [5.41, 5.74) is 5.76. The highest BCUT2D eigenvalue weighted by Gasteiger charge is 2.36. The van der Waals surface area contributed by atoms with Crippen LogP contribution in [0.3, 0.4) is 0 Å². The van der Waals surface area contributed by atoms with Crippen LogP contribution in [0, 0.1) is 6.92 Å². The van der Waals surface area contributed by atoms with E-state index in [2.05, 4.69) is 22.0 Å². The molecule has 2 amide bonds. The molecule has 0 bridgehead atoms. The average molecular weight is 464 g/mol. The van der Waals surface area contributed by atoms with Gasteiger partial charge in [0.2, 0.25) is 5.91 Å². The molecule has 0 radical (unpaired) electrons. The van der Waals surface area contributed by atoms with Crippen LogP contribution in [0.5, 0.6) is 0 Å². The first-order valence-electron chi connectivity index (χ1n) is 12.0. The van der Waals surface area contributed by atoms with Gasteiger partial charge in [0, 0.05) is 31.4 Å². The third kappa shape index (κ3) is 4.90. The van der Waals surface area contributed by atoms with E-state index in [-0.39, 0.29) is 11.8 Å². The summed E-state index contributed by atoms with van der Waals surface area (Å²) in [5.74, 6) is -0.286. The largest absolute Gasteiger partial charge is 0.350 e. The van der Waals surface area contributed by atoms with Gasteiger partial charge in [-0.2, -0.15) is 0 Å². The third-order valence-electron chi connectivity index (χ3n) is 6.63. The molecule has 0 aliphatic carbocycles. The summed E-state index contributed by atoms with van der Waals surface area (Å²) in [6, 6.07) is 29.1. The number of aromatic nitrogens is 1. The molecule has 0 spiro atoms. The van der Waals surface area contributed by atoms with Crippen molar-refractivity contribution >= 4 is 11.8 Å². The highest BCUT2D eigenvalue weighted by atomic mass is 16.2. The SMILES string of the molecule is Cc1ccc(CNC(=O)C2c3cccn3Cc3ccccc3C(=O)N2CCc2ccccc2)cc1. The Kier molecular flexibility index (Phi) is 6.49. The molecule has 0 saturated heterocycles. The van der Waals surface area contributed by atoms with Gasteiger partial charge < -0.3 is 14.8 Å². The van der Waals surface area contributed by atoms with Gasteiger partial charge in [0.05, 0.1) is 5.69 Å². The van der Waals surface area contributed by atoms with E-state index in [4.69, 9.17) is 0 Å². The van der Waals surface area contributed by atoms with Crippen LogP contribution in [-0.2, 0) is 24.3 Å². The summed E-state index contributed by atoms with van der Waals surface area (Å²) in [5, 5.41) is 3.09. The normalized spacial score (nSPS) is 15.1. The minimum absolute atomic E-state index is 0.112. The summed E-state index contributed by atoms with van der Waals surface area (Å²) < 4.78 is 2.08. The van der Waals surface area contributed by atoms with Crippen molar-refractivity contribution in [1.82, 2.24) is 14.8 Å². The minimum Gasteiger partial charge on any atom is -0.350 e. The maximum atomic E-state index is 13.9. The Morgan fingerprint density at radius 1 is 0.886 bits per heavy atom. The van der Waals surface area contributed by atoms with E-state index < -0.39 is 6.04 Å². The number of hydrogen-bond donors (Lipinski definition) is 1. The second-order valence-electron chi connectivity index (χ2n) is 9.06. The minimum atomic E-state index is -0.722. The molecule has 1 aliphatic rings. The van der Waals surface area contributed by atoms with Crippen molar-refractivity contribution in [3.05, 3.63) is 131 Å². The van der Waals surface area contributed by atoms with E-state index in [0.717, 1.165) is 22.4 Å². The van der Waals surface area contributed by atoms with Crippen molar-refractivity contribution in [1.29, 1.82) is 0 Å². The van der Waals surface area contributed by atoms with Crippen molar-refractivity contribution in [2.75, 3.05) is 6.54 Å². The smallest absolute Gasteiger partial charge is 0.255 e. The van der Waals surface area contributed by atoms with Gasteiger partial charge in [0.1, 0.15) is 0 Å². The number of aryl methyl sites for hydroxylation is 1. The van der Waals surface area contributed by atoms with Crippen LogP contribution in [0.15, 0.2) is 97.2 Å². The number of benzene rings is 3. The van der Waals surface area contributed by atoms with Crippen LogP contribution in [0.2, 0.25) is 0 Å². The Labute approximate surface area is 206 Å². The van der Waals surface area contributed by atoms with Crippen LogP contribution in [0.1, 0.15) is 44.3 Å². The molecule has 1 unspecified atom stereocenters. The van der Waals surface area contributed by atoms with E-state index >= 15 is 0 Å². The van der Waals surface area contributed by atoms with Crippen LogP contribution >= 0.6 is 0 Å². The molecule has 2 heterocycles. The predicted molar refractivity (Wildman–Crippen MR) is 137 cm³/mol. The second-order valence-corrected chi connectivity index (χ2v) is 9.06. The number of carbonyl (C=O) groups excluding carboxylic acids is 2. The number of rotatable bonds is 6. The van der Waals surface area contributed by atoms with Crippen LogP contribution in [-0.4, -0.2) is 27.8 Å². The van der Waals surface area contributed by atoms with Gasteiger partial charge in [-0.15, -0.1) is 0 Å². The predicted octanol–water partition coefficient (Wildman–Crippen LogP) is 4.90. The fourth-order valence-electron chi connectivity index (χ4n) is 4.69. The molecule has 1 N–H and O–H groups in total. The van der Waals surface area contributed by atoms with Gasteiger partial charge in [0.25, 0.3) is 5.91 Å². The third-order valence-corrected chi connectivity index (χ3v) is 6.63. The molecule has 0 fully saturated rings. The first-order chi connectivity index (χ1) is 17.1. The number of carbonyl (C=O) groups is 2. The van der Waals surface area contributed by atoms with E-state index in [9.17, 15) is 9.59 Å². The molecule has 35 heavy (non-hydrogen) atoms. The average Bonchev–Trinajstić information content (AvgIpc) is 3.33. The van der Waals surface area contributed by atoms with Crippen molar-refractivity contribution in [3.63, 3.8) is 0 Å². The fraction of sp³-hybridized carbons (Fsp3) is 0.200. The lowest BCUT2D eigenvalue weighted by Gasteiger charge is -2.34. The molecule has 3 aromatic carbocycles. The van der Waals surface area contributed by atoms with E-state index in [0.29, 0.717) is 31.6 Å². The van der Waals surface area contributed by atoms with Crippen molar-refractivity contribution < 1.29 is 9.59 Å². The maximum Gasteiger partial charge on any atom is 0.255 e. The summed E-state index contributed by atoms with van der Waals surface area (Å²) in [7, 11) is 0. The molecule has 1 aromatic heterocycles. The van der Waals surface area contributed by atoms with Gasteiger partial charge >= 0.3 is 0 Å². The number of hydrogen-bond acceptors (Lipinski definition) is 2. The molecule has 5 heteroatoms. The van der Waals surface area contributed by atoms with Gasteiger partial charge in [-0.05, 0) is 48.2 Å². The molecular weight excluding hydrogens is 434 g/mol. The lowest BCUT2D eigenvalue weighted by molar-refractivity contribution is -0.126. The van der Waals surface area contributed by atoms with Crippen molar-refractivity contribution in [2.45, 2.75) is 32.5 Å². The topological polar surface area (TPSA) is 54.3 Å². The highest BCUT2D eigenvalue weighted by molar-refractivity contribution is 5.99. The first kappa shape index (κ1) is 22.7. The summed E-state index contributed by atoms with van der Waals surface area (Å²) in [6.07, 6.45) is 2.65. The van der Waals surface area contributed by atoms with Crippen molar-refractivity contribution in [2.24, 2.45) is 0 Å². The molecule has 4 aromatic rings. The van der Waals surface area contributed by atoms with E-state index in [1.54, 1.807) is 4.90 Å². The molecule has 0 saturated carbocycles. The monoisotopic (exact) mass is 463 g/mol. The molecule has 5 rings (SSSR count). The van der Waals surface area contributed by atoms with Crippen molar-refractivity contribution in [3.8, 4) is 0 Å². The van der Waals surface area contributed by atoms with Gasteiger partial charge in [-0.3, -0.25) is 9.59 Å². The van der Waals surface area contributed by atoms with Gasteiger partial charge in [-0.25, -0.2) is 0 Å². The van der Waals surface area contributed by atoms with Crippen LogP contribution in [0.4, 0.5) is 0 Å². The van der Waals surface area contributed by atoms with Gasteiger partial charge in [-0.1, -0.05) is 78.4 Å². The number of nitrogens with zero attached hydrogens (tertiary/aromatic N) is 2. The summed E-state index contributed by atoms with van der Waals surface area (Å²) >= 11 is 0. The number of nitrogens with one attached hydrogen (secondary N) is 1. The first-order valence-corrected chi connectivity index (χ1v) is 12.0. The highest BCUT2D eigenvalue weighted by Crippen LogP contribution is 2.29. The fourth-order valence-corrected chi connectivity index (χ4v) is 4.69. The summed E-state index contributed by atoms with van der Waals surface area (Å²) in [6.45, 7) is 3.44. The van der Waals surface area contributed by atoms with Gasteiger partial charge in [0.15, 0.2) is 6.04 Å². The molecular formula is C30H29N3O2. The van der Waals surface area contributed by atoms with E-state index in [1.807, 2.05) is 92.0 Å². The zero-order chi connectivity index (χ0) is 24.2.